The van der Waals surface area contributed by atoms with Crippen molar-refractivity contribution in [1.29, 1.82) is 0 Å². The van der Waals surface area contributed by atoms with Crippen molar-refractivity contribution in [2.75, 3.05) is 13.2 Å². The average molecular weight is 398 g/mol. The number of hydrogen-bond donors (Lipinski definition) is 1. The SMILES string of the molecule is Cc1cc(-c2cnn(CCO)c2C2CCCCN2C(=O)c2cnn(C)c2C)on1. The highest BCUT2D eigenvalue weighted by Gasteiger charge is 2.35. The Balaban J connectivity index is 1.77. The highest BCUT2D eigenvalue weighted by molar-refractivity contribution is 5.95. The van der Waals surface area contributed by atoms with E-state index in [0.717, 1.165) is 41.9 Å². The van der Waals surface area contributed by atoms with Gasteiger partial charge in [-0.2, -0.15) is 10.2 Å². The lowest BCUT2D eigenvalue weighted by atomic mass is 9.95. The fourth-order valence-corrected chi connectivity index (χ4v) is 4.02. The molecular formula is C20H26N6O3. The summed E-state index contributed by atoms with van der Waals surface area (Å²) in [6, 6.07) is 1.70. The van der Waals surface area contributed by atoms with Crippen molar-refractivity contribution in [2.24, 2.45) is 7.05 Å². The Hall–Kier alpha value is -2.94. The summed E-state index contributed by atoms with van der Waals surface area (Å²) < 4.78 is 8.98. The monoisotopic (exact) mass is 398 g/mol. The van der Waals surface area contributed by atoms with E-state index in [1.807, 2.05) is 31.9 Å². The first-order valence-electron chi connectivity index (χ1n) is 9.91. The number of amides is 1. The molecule has 1 amide bonds. The molecule has 1 N–H and O–H groups in total. The minimum Gasteiger partial charge on any atom is -0.394 e. The van der Waals surface area contributed by atoms with Crippen molar-refractivity contribution in [3.8, 4) is 11.3 Å². The van der Waals surface area contributed by atoms with Gasteiger partial charge in [-0.1, -0.05) is 5.16 Å². The Morgan fingerprint density at radius 3 is 2.76 bits per heavy atom. The molecule has 0 saturated carbocycles. The van der Waals surface area contributed by atoms with Crippen LogP contribution in [-0.4, -0.2) is 53.8 Å². The first-order chi connectivity index (χ1) is 14.0. The number of carbonyl (C=O) groups excluding carboxylic acids is 1. The number of nitrogens with zero attached hydrogens (tertiary/aromatic N) is 6. The number of carbonyl (C=O) groups is 1. The summed E-state index contributed by atoms with van der Waals surface area (Å²) in [5.74, 6) is 0.592. The summed E-state index contributed by atoms with van der Waals surface area (Å²) in [6.07, 6.45) is 6.15. The van der Waals surface area contributed by atoms with E-state index in [1.165, 1.54) is 0 Å². The molecule has 0 bridgehead atoms. The van der Waals surface area contributed by atoms with Gasteiger partial charge in [0.25, 0.3) is 5.91 Å². The lowest BCUT2D eigenvalue weighted by Gasteiger charge is -2.36. The second-order valence-electron chi connectivity index (χ2n) is 7.50. The van der Waals surface area contributed by atoms with E-state index in [0.29, 0.717) is 24.4 Å². The predicted octanol–water partition coefficient (Wildman–Crippen LogP) is 2.25. The normalized spacial score (nSPS) is 17.1. The topological polar surface area (TPSA) is 102 Å². The summed E-state index contributed by atoms with van der Waals surface area (Å²) in [7, 11) is 1.83. The van der Waals surface area contributed by atoms with Crippen LogP contribution in [0.1, 0.15) is 52.7 Å². The number of aliphatic hydroxyl groups is 1. The number of likely N-dealkylation sites (tertiary alicyclic amines) is 1. The van der Waals surface area contributed by atoms with Gasteiger partial charge >= 0.3 is 0 Å². The number of piperidine rings is 1. The van der Waals surface area contributed by atoms with Gasteiger partial charge in [-0.05, 0) is 33.1 Å². The second kappa shape index (κ2) is 7.82. The summed E-state index contributed by atoms with van der Waals surface area (Å²) in [5.41, 5.74) is 3.93. The number of aryl methyl sites for hydroxylation is 2. The zero-order valence-corrected chi connectivity index (χ0v) is 17.0. The van der Waals surface area contributed by atoms with E-state index < -0.39 is 0 Å². The average Bonchev–Trinajstić information content (AvgIpc) is 3.41. The molecule has 1 fully saturated rings. The molecule has 4 rings (SSSR count). The Bertz CT molecular complexity index is 1020. The smallest absolute Gasteiger partial charge is 0.257 e. The van der Waals surface area contributed by atoms with E-state index in [4.69, 9.17) is 4.52 Å². The summed E-state index contributed by atoms with van der Waals surface area (Å²) in [6.45, 7) is 4.75. The first-order valence-corrected chi connectivity index (χ1v) is 9.91. The van der Waals surface area contributed by atoms with Gasteiger partial charge in [0.15, 0.2) is 5.76 Å². The molecule has 1 unspecified atom stereocenters. The van der Waals surface area contributed by atoms with Crippen LogP contribution >= 0.6 is 0 Å². The van der Waals surface area contributed by atoms with Gasteiger partial charge in [0.2, 0.25) is 0 Å². The van der Waals surface area contributed by atoms with Gasteiger partial charge < -0.3 is 14.5 Å². The Labute approximate surface area is 168 Å². The minimum absolute atomic E-state index is 0.0308. The maximum atomic E-state index is 13.4. The zero-order valence-electron chi connectivity index (χ0n) is 17.0. The molecule has 1 atom stereocenters. The molecule has 0 aromatic carbocycles. The van der Waals surface area contributed by atoms with Crippen LogP contribution in [0.25, 0.3) is 11.3 Å². The van der Waals surface area contributed by atoms with Gasteiger partial charge in [-0.3, -0.25) is 14.2 Å². The van der Waals surface area contributed by atoms with Crippen LogP contribution in [0.15, 0.2) is 23.0 Å². The molecule has 0 radical (unpaired) electrons. The minimum atomic E-state index is -0.162. The third-order valence-electron chi connectivity index (χ3n) is 5.63. The standard InChI is InChI=1S/C20H26N6O3/c1-13-10-18(29-23-13)16-12-22-26(8-9-27)19(16)17-6-4-5-7-25(17)20(28)15-11-21-24(3)14(15)2/h10-12,17,27H,4-9H2,1-3H3. The van der Waals surface area contributed by atoms with Crippen molar-refractivity contribution in [3.05, 3.63) is 41.1 Å². The molecule has 1 aliphatic rings. The zero-order chi connectivity index (χ0) is 20.5. The third kappa shape index (κ3) is 3.46. The number of aromatic nitrogens is 5. The second-order valence-corrected chi connectivity index (χ2v) is 7.50. The fourth-order valence-electron chi connectivity index (χ4n) is 4.02. The van der Waals surface area contributed by atoms with Crippen LogP contribution in [-0.2, 0) is 13.6 Å². The number of rotatable bonds is 5. The Kier molecular flexibility index (Phi) is 5.23. The van der Waals surface area contributed by atoms with Crippen LogP contribution in [0.2, 0.25) is 0 Å². The van der Waals surface area contributed by atoms with Gasteiger partial charge in [-0.15, -0.1) is 0 Å². The van der Waals surface area contributed by atoms with Crippen LogP contribution < -0.4 is 0 Å². The van der Waals surface area contributed by atoms with E-state index >= 15 is 0 Å². The maximum absolute atomic E-state index is 13.4. The maximum Gasteiger partial charge on any atom is 0.257 e. The molecular weight excluding hydrogens is 372 g/mol. The summed E-state index contributed by atoms with van der Waals surface area (Å²) >= 11 is 0. The van der Waals surface area contributed by atoms with E-state index in [1.54, 1.807) is 21.8 Å². The van der Waals surface area contributed by atoms with Crippen LogP contribution in [0.4, 0.5) is 0 Å². The highest BCUT2D eigenvalue weighted by atomic mass is 16.5. The Morgan fingerprint density at radius 1 is 1.28 bits per heavy atom. The van der Waals surface area contributed by atoms with Crippen molar-refractivity contribution in [3.63, 3.8) is 0 Å². The van der Waals surface area contributed by atoms with Crippen LogP contribution in [0.3, 0.4) is 0 Å². The summed E-state index contributed by atoms with van der Waals surface area (Å²) in [5, 5.41) is 22.2. The molecule has 1 saturated heterocycles. The molecule has 3 aromatic rings. The number of aliphatic hydroxyl groups excluding tert-OH is 1. The molecule has 29 heavy (non-hydrogen) atoms. The van der Waals surface area contributed by atoms with Gasteiger partial charge in [0.1, 0.15) is 0 Å². The number of hydrogen-bond acceptors (Lipinski definition) is 6. The van der Waals surface area contributed by atoms with Crippen molar-refractivity contribution >= 4 is 5.91 Å². The van der Waals surface area contributed by atoms with Crippen molar-refractivity contribution in [1.82, 2.24) is 29.6 Å². The highest BCUT2D eigenvalue weighted by Crippen LogP contribution is 2.38. The Morgan fingerprint density at radius 2 is 2.10 bits per heavy atom. The van der Waals surface area contributed by atoms with E-state index in [9.17, 15) is 9.90 Å². The van der Waals surface area contributed by atoms with Gasteiger partial charge in [0, 0.05) is 25.4 Å². The predicted molar refractivity (Wildman–Crippen MR) is 105 cm³/mol. The molecule has 154 valence electrons. The van der Waals surface area contributed by atoms with Crippen molar-refractivity contribution < 1.29 is 14.4 Å². The summed E-state index contributed by atoms with van der Waals surface area (Å²) in [4.78, 5) is 15.3. The fraction of sp³-hybridized carbons (Fsp3) is 0.500. The quantitative estimate of drug-likeness (QED) is 0.707. The van der Waals surface area contributed by atoms with Gasteiger partial charge in [0.05, 0.1) is 54.1 Å². The molecule has 3 aromatic heterocycles. The van der Waals surface area contributed by atoms with Gasteiger partial charge in [-0.25, -0.2) is 0 Å². The van der Waals surface area contributed by atoms with E-state index in [2.05, 4.69) is 15.4 Å². The van der Waals surface area contributed by atoms with Crippen LogP contribution in [0, 0.1) is 13.8 Å². The lowest BCUT2D eigenvalue weighted by Crippen LogP contribution is -2.40. The van der Waals surface area contributed by atoms with E-state index in [-0.39, 0.29) is 18.6 Å². The molecule has 0 aliphatic carbocycles. The first kappa shape index (κ1) is 19.4. The largest absolute Gasteiger partial charge is 0.394 e. The molecule has 4 heterocycles. The van der Waals surface area contributed by atoms with Crippen LogP contribution in [0.5, 0.6) is 0 Å². The molecule has 9 nitrogen and oxygen atoms in total. The van der Waals surface area contributed by atoms with Crippen molar-refractivity contribution in [2.45, 2.75) is 45.7 Å². The third-order valence-corrected chi connectivity index (χ3v) is 5.63. The molecule has 0 spiro atoms. The molecule has 9 heteroatoms. The lowest BCUT2D eigenvalue weighted by molar-refractivity contribution is 0.0598. The molecule has 1 aliphatic heterocycles.